The zero-order chi connectivity index (χ0) is 15.6. The Balaban J connectivity index is 2.12. The molecule has 0 bridgehead atoms. The minimum Gasteiger partial charge on any atom is -0.490 e. The molecule has 2 rings (SSSR count). The van der Waals surface area contributed by atoms with Crippen LogP contribution in [0.1, 0.15) is 5.82 Å². The van der Waals surface area contributed by atoms with Gasteiger partial charge in [0.15, 0.2) is 11.6 Å². The molecule has 0 aliphatic heterocycles. The van der Waals surface area contributed by atoms with Crippen molar-refractivity contribution in [2.75, 3.05) is 6.61 Å². The number of hydrogen-bond acceptors (Lipinski definition) is 4. The van der Waals surface area contributed by atoms with E-state index >= 15 is 0 Å². The molecule has 1 aromatic heterocycles. The molecular formula is C12H13F2N3O3S. The van der Waals surface area contributed by atoms with Crippen LogP contribution in [0.25, 0.3) is 0 Å². The Hall–Kier alpha value is -2.00. The molecule has 2 N–H and O–H groups in total. The third-order valence-electron chi connectivity index (χ3n) is 2.82. The number of nitrogens with two attached hydrogens (primary N) is 1. The number of primary sulfonamides is 1. The average Bonchev–Trinajstić information content (AvgIpc) is 2.79. The van der Waals surface area contributed by atoms with E-state index in [1.54, 1.807) is 24.0 Å². The van der Waals surface area contributed by atoms with E-state index in [-0.39, 0.29) is 12.4 Å². The molecule has 0 fully saturated rings. The number of ether oxygens (including phenoxy) is 1. The van der Waals surface area contributed by atoms with Crippen LogP contribution in [0.3, 0.4) is 0 Å². The number of hydrogen-bond donors (Lipinski definition) is 1. The van der Waals surface area contributed by atoms with Crippen molar-refractivity contribution in [3.05, 3.63) is 42.0 Å². The second-order valence-electron chi connectivity index (χ2n) is 4.29. The molecule has 0 amide bonds. The first kappa shape index (κ1) is 15.4. The van der Waals surface area contributed by atoms with Crippen molar-refractivity contribution >= 4 is 10.0 Å². The van der Waals surface area contributed by atoms with Gasteiger partial charge in [-0.1, -0.05) is 0 Å². The van der Waals surface area contributed by atoms with Gasteiger partial charge in [-0.15, -0.1) is 0 Å². The number of sulfonamides is 1. The lowest BCUT2D eigenvalue weighted by atomic mass is 10.3. The SMILES string of the molecule is Cn1ccnc1CCOc1ccc(S(N)(=O)=O)c(F)c1F. The predicted molar refractivity (Wildman–Crippen MR) is 70.1 cm³/mol. The van der Waals surface area contributed by atoms with E-state index in [1.807, 2.05) is 0 Å². The van der Waals surface area contributed by atoms with Crippen LogP contribution in [0.4, 0.5) is 8.78 Å². The van der Waals surface area contributed by atoms with Crippen molar-refractivity contribution in [1.29, 1.82) is 0 Å². The van der Waals surface area contributed by atoms with Crippen LogP contribution in [0.5, 0.6) is 5.75 Å². The zero-order valence-electron chi connectivity index (χ0n) is 11.1. The Morgan fingerprint density at radius 1 is 1.33 bits per heavy atom. The first-order valence-corrected chi connectivity index (χ1v) is 7.45. The highest BCUT2D eigenvalue weighted by atomic mass is 32.2. The van der Waals surface area contributed by atoms with Gasteiger partial charge in [-0.3, -0.25) is 0 Å². The monoisotopic (exact) mass is 317 g/mol. The fourth-order valence-corrected chi connectivity index (χ4v) is 2.33. The van der Waals surface area contributed by atoms with Gasteiger partial charge in [0.05, 0.1) is 6.61 Å². The maximum absolute atomic E-state index is 13.7. The molecule has 21 heavy (non-hydrogen) atoms. The van der Waals surface area contributed by atoms with Crippen molar-refractivity contribution in [2.45, 2.75) is 11.3 Å². The molecule has 1 heterocycles. The maximum atomic E-state index is 13.7. The van der Waals surface area contributed by atoms with Crippen molar-refractivity contribution in [2.24, 2.45) is 12.2 Å². The van der Waals surface area contributed by atoms with E-state index in [1.165, 1.54) is 0 Å². The number of benzene rings is 1. The number of rotatable bonds is 5. The van der Waals surface area contributed by atoms with E-state index in [2.05, 4.69) is 4.98 Å². The summed E-state index contributed by atoms with van der Waals surface area (Å²) in [7, 11) is -2.52. The average molecular weight is 317 g/mol. The molecule has 9 heteroatoms. The van der Waals surface area contributed by atoms with Crippen LogP contribution in [-0.2, 0) is 23.5 Å². The molecule has 0 aliphatic rings. The molecule has 6 nitrogen and oxygen atoms in total. The smallest absolute Gasteiger partial charge is 0.241 e. The summed E-state index contributed by atoms with van der Waals surface area (Å²) >= 11 is 0. The summed E-state index contributed by atoms with van der Waals surface area (Å²) in [4.78, 5) is 3.15. The molecule has 0 spiro atoms. The largest absolute Gasteiger partial charge is 0.490 e. The zero-order valence-corrected chi connectivity index (χ0v) is 11.9. The molecule has 2 aromatic rings. The molecule has 0 unspecified atom stereocenters. The highest BCUT2D eigenvalue weighted by Gasteiger charge is 2.21. The first-order valence-electron chi connectivity index (χ1n) is 5.90. The van der Waals surface area contributed by atoms with Crippen LogP contribution in [-0.4, -0.2) is 24.6 Å². The fraction of sp³-hybridized carbons (Fsp3) is 0.250. The maximum Gasteiger partial charge on any atom is 0.241 e. The van der Waals surface area contributed by atoms with Crippen LogP contribution >= 0.6 is 0 Å². The van der Waals surface area contributed by atoms with Gasteiger partial charge in [-0.05, 0) is 12.1 Å². The van der Waals surface area contributed by atoms with Crippen molar-refractivity contribution in [3.8, 4) is 5.75 Å². The fourth-order valence-electron chi connectivity index (χ4n) is 1.73. The predicted octanol–water partition coefficient (Wildman–Crippen LogP) is 0.967. The van der Waals surface area contributed by atoms with Crippen LogP contribution in [0, 0.1) is 11.6 Å². The molecule has 0 radical (unpaired) electrons. The van der Waals surface area contributed by atoms with Gasteiger partial charge in [0, 0.05) is 25.9 Å². The molecular weight excluding hydrogens is 304 g/mol. The van der Waals surface area contributed by atoms with Gasteiger partial charge in [-0.2, -0.15) is 4.39 Å². The van der Waals surface area contributed by atoms with Crippen LogP contribution < -0.4 is 9.88 Å². The van der Waals surface area contributed by atoms with Gasteiger partial charge in [0.25, 0.3) is 0 Å². The van der Waals surface area contributed by atoms with E-state index in [9.17, 15) is 17.2 Å². The molecule has 0 saturated carbocycles. The quantitative estimate of drug-likeness (QED) is 0.890. The summed E-state index contributed by atoms with van der Waals surface area (Å²) in [5, 5.41) is 4.77. The third kappa shape index (κ3) is 3.37. The van der Waals surface area contributed by atoms with E-state index in [4.69, 9.17) is 9.88 Å². The number of aromatic nitrogens is 2. The van der Waals surface area contributed by atoms with Gasteiger partial charge in [-0.25, -0.2) is 22.9 Å². The standard InChI is InChI=1S/C12H13F2N3O3S/c1-17-6-5-16-10(17)4-7-20-8-2-3-9(21(15,18)19)12(14)11(8)13/h2-3,5-6H,4,7H2,1H3,(H2,15,18,19). The molecule has 0 saturated heterocycles. The summed E-state index contributed by atoms with van der Waals surface area (Å²) in [5.41, 5.74) is 0. The molecule has 114 valence electrons. The Bertz CT molecular complexity index is 759. The van der Waals surface area contributed by atoms with Crippen LogP contribution in [0.15, 0.2) is 29.4 Å². The van der Waals surface area contributed by atoms with Gasteiger partial charge >= 0.3 is 0 Å². The number of halogens is 2. The van der Waals surface area contributed by atoms with E-state index in [0.717, 1.165) is 18.0 Å². The van der Waals surface area contributed by atoms with Crippen molar-refractivity contribution in [1.82, 2.24) is 9.55 Å². The summed E-state index contributed by atoms with van der Waals surface area (Å²) in [6.07, 6.45) is 3.74. The van der Waals surface area contributed by atoms with Crippen molar-refractivity contribution in [3.63, 3.8) is 0 Å². The van der Waals surface area contributed by atoms with Gasteiger partial charge in [0.2, 0.25) is 15.8 Å². The molecule has 1 aromatic carbocycles. The van der Waals surface area contributed by atoms with E-state index in [0.29, 0.717) is 6.42 Å². The summed E-state index contributed by atoms with van der Waals surface area (Å²) < 4.78 is 56.3. The van der Waals surface area contributed by atoms with Crippen molar-refractivity contribution < 1.29 is 21.9 Å². The highest BCUT2D eigenvalue weighted by Crippen LogP contribution is 2.25. The first-order chi connectivity index (χ1) is 9.80. The topological polar surface area (TPSA) is 87.2 Å². The Kier molecular flexibility index (Phi) is 4.24. The number of aryl methyl sites for hydroxylation is 1. The normalized spacial score (nSPS) is 11.6. The second kappa shape index (κ2) is 5.78. The Morgan fingerprint density at radius 2 is 2.05 bits per heavy atom. The Labute approximate surface area is 120 Å². The molecule has 0 atom stereocenters. The second-order valence-corrected chi connectivity index (χ2v) is 5.82. The lowest BCUT2D eigenvalue weighted by Crippen LogP contribution is -2.15. The lowest BCUT2D eigenvalue weighted by molar-refractivity contribution is 0.294. The minimum absolute atomic E-state index is 0.0654. The molecule has 0 aliphatic carbocycles. The Morgan fingerprint density at radius 3 is 2.62 bits per heavy atom. The number of imidazole rings is 1. The van der Waals surface area contributed by atoms with E-state index < -0.39 is 26.6 Å². The lowest BCUT2D eigenvalue weighted by Gasteiger charge is -2.09. The van der Waals surface area contributed by atoms with Gasteiger partial charge < -0.3 is 9.30 Å². The van der Waals surface area contributed by atoms with Gasteiger partial charge in [0.1, 0.15) is 10.7 Å². The highest BCUT2D eigenvalue weighted by molar-refractivity contribution is 7.89. The third-order valence-corrected chi connectivity index (χ3v) is 3.75. The summed E-state index contributed by atoms with van der Waals surface area (Å²) in [5.74, 6) is -2.60. The summed E-state index contributed by atoms with van der Waals surface area (Å²) in [6, 6.07) is 1.89. The van der Waals surface area contributed by atoms with Crippen LogP contribution in [0.2, 0.25) is 0 Å². The minimum atomic E-state index is -4.32. The number of nitrogens with zero attached hydrogens (tertiary/aromatic N) is 2. The summed E-state index contributed by atoms with van der Waals surface area (Å²) in [6.45, 7) is 0.0654.